The fourth-order valence-corrected chi connectivity index (χ4v) is 1.80. The smallest absolute Gasteiger partial charge is 0.147 e. The summed E-state index contributed by atoms with van der Waals surface area (Å²) in [7, 11) is 1.94. The van der Waals surface area contributed by atoms with Crippen LogP contribution in [0.4, 0.5) is 5.82 Å². The first-order valence-electron chi connectivity index (χ1n) is 5.23. The average Bonchev–Trinajstić information content (AvgIpc) is 2.63. The molecule has 0 amide bonds. The van der Waals surface area contributed by atoms with Crippen molar-refractivity contribution in [1.29, 1.82) is 0 Å². The third-order valence-corrected chi connectivity index (χ3v) is 2.66. The van der Waals surface area contributed by atoms with Crippen molar-refractivity contribution < 1.29 is 0 Å². The van der Waals surface area contributed by atoms with Crippen LogP contribution in [0.2, 0.25) is 0 Å². The Labute approximate surface area is 84.8 Å². The lowest BCUT2D eigenvalue weighted by Gasteiger charge is -2.17. The highest BCUT2D eigenvalue weighted by Gasteiger charge is 2.09. The maximum absolute atomic E-state index is 4.28. The van der Waals surface area contributed by atoms with Crippen molar-refractivity contribution in [2.24, 2.45) is 13.0 Å². The zero-order valence-corrected chi connectivity index (χ0v) is 8.61. The second-order valence-electron chi connectivity index (χ2n) is 3.91. The molecule has 14 heavy (non-hydrogen) atoms. The second-order valence-corrected chi connectivity index (χ2v) is 3.91. The van der Waals surface area contributed by atoms with Crippen LogP contribution in [0, 0.1) is 5.92 Å². The molecular weight excluding hydrogens is 174 g/mol. The third kappa shape index (κ3) is 2.37. The van der Waals surface area contributed by atoms with E-state index in [1.807, 2.05) is 24.0 Å². The van der Waals surface area contributed by atoms with Crippen LogP contribution in [0.15, 0.2) is 24.4 Å². The first kappa shape index (κ1) is 9.31. The van der Waals surface area contributed by atoms with Crippen LogP contribution in [0.3, 0.4) is 0 Å². The summed E-state index contributed by atoms with van der Waals surface area (Å²) in [6.45, 7) is 1.04. The first-order chi connectivity index (χ1) is 6.84. The number of aromatic nitrogens is 2. The molecule has 0 bridgehead atoms. The van der Waals surface area contributed by atoms with Crippen molar-refractivity contribution in [2.45, 2.75) is 19.3 Å². The van der Waals surface area contributed by atoms with Gasteiger partial charge >= 0.3 is 0 Å². The van der Waals surface area contributed by atoms with Gasteiger partial charge in [0.05, 0.1) is 0 Å². The van der Waals surface area contributed by atoms with E-state index in [-0.39, 0.29) is 0 Å². The molecule has 0 aliphatic heterocycles. The monoisotopic (exact) mass is 191 g/mol. The van der Waals surface area contributed by atoms with Crippen molar-refractivity contribution >= 4 is 5.82 Å². The molecule has 0 saturated carbocycles. The summed E-state index contributed by atoms with van der Waals surface area (Å²) in [4.78, 5) is 0. The molecule has 76 valence electrons. The number of rotatable bonds is 3. The Bertz CT molecular complexity index is 314. The number of hydrogen-bond donors (Lipinski definition) is 1. The van der Waals surface area contributed by atoms with Crippen LogP contribution in [-0.4, -0.2) is 16.3 Å². The van der Waals surface area contributed by atoms with Gasteiger partial charge in [-0.2, -0.15) is 5.10 Å². The Hall–Kier alpha value is -1.25. The van der Waals surface area contributed by atoms with Gasteiger partial charge in [0, 0.05) is 25.9 Å². The Balaban J connectivity index is 1.79. The summed E-state index contributed by atoms with van der Waals surface area (Å²) in [5.41, 5.74) is 0. The lowest BCUT2D eigenvalue weighted by Crippen LogP contribution is -2.15. The molecule has 3 heteroatoms. The fourth-order valence-electron chi connectivity index (χ4n) is 1.80. The van der Waals surface area contributed by atoms with Gasteiger partial charge in [0.1, 0.15) is 5.82 Å². The summed E-state index contributed by atoms with van der Waals surface area (Å²) in [6.07, 6.45) is 10.3. The number of aryl methyl sites for hydroxylation is 1. The van der Waals surface area contributed by atoms with E-state index in [0.717, 1.165) is 18.3 Å². The predicted molar refractivity (Wildman–Crippen MR) is 58.2 cm³/mol. The summed E-state index contributed by atoms with van der Waals surface area (Å²) in [5.74, 6) is 1.77. The molecule has 3 nitrogen and oxygen atoms in total. The molecule has 0 saturated heterocycles. The van der Waals surface area contributed by atoms with Crippen molar-refractivity contribution in [3.8, 4) is 0 Å². The summed E-state index contributed by atoms with van der Waals surface area (Å²) < 4.78 is 1.82. The Morgan fingerprint density at radius 1 is 1.57 bits per heavy atom. The first-order valence-corrected chi connectivity index (χ1v) is 5.23. The lowest BCUT2D eigenvalue weighted by molar-refractivity contribution is 0.503. The minimum absolute atomic E-state index is 0.780. The quantitative estimate of drug-likeness (QED) is 0.742. The van der Waals surface area contributed by atoms with Crippen LogP contribution < -0.4 is 5.32 Å². The van der Waals surface area contributed by atoms with Crippen molar-refractivity contribution in [1.82, 2.24) is 9.78 Å². The normalized spacial score (nSPS) is 21.1. The number of nitrogens with zero attached hydrogens (tertiary/aromatic N) is 2. The largest absolute Gasteiger partial charge is 0.368 e. The summed E-state index contributed by atoms with van der Waals surface area (Å²) >= 11 is 0. The number of hydrogen-bond acceptors (Lipinski definition) is 2. The summed E-state index contributed by atoms with van der Waals surface area (Å²) in [5, 5.41) is 7.65. The molecule has 2 rings (SSSR count). The molecule has 1 heterocycles. The number of nitrogens with one attached hydrogen (secondary N) is 1. The Morgan fingerprint density at radius 3 is 3.14 bits per heavy atom. The van der Waals surface area contributed by atoms with E-state index < -0.39 is 0 Å². The van der Waals surface area contributed by atoms with Crippen LogP contribution in [-0.2, 0) is 7.05 Å². The minimum Gasteiger partial charge on any atom is -0.368 e. The van der Waals surface area contributed by atoms with E-state index in [1.54, 1.807) is 0 Å². The average molecular weight is 191 g/mol. The predicted octanol–water partition coefficient (Wildman–Crippen LogP) is 2.19. The molecule has 1 N–H and O–H groups in total. The fraction of sp³-hybridized carbons (Fsp3) is 0.545. The van der Waals surface area contributed by atoms with Crippen molar-refractivity contribution in [2.75, 3.05) is 11.9 Å². The van der Waals surface area contributed by atoms with Crippen LogP contribution in [0.5, 0.6) is 0 Å². The van der Waals surface area contributed by atoms with E-state index in [0.29, 0.717) is 0 Å². The molecule has 1 aromatic rings. The van der Waals surface area contributed by atoms with Crippen molar-refractivity contribution in [3.05, 3.63) is 24.4 Å². The Kier molecular flexibility index (Phi) is 2.87. The lowest BCUT2D eigenvalue weighted by atomic mass is 9.94. The van der Waals surface area contributed by atoms with Gasteiger partial charge in [0.15, 0.2) is 0 Å². The highest BCUT2D eigenvalue weighted by atomic mass is 15.3. The molecule has 1 aliphatic carbocycles. The van der Waals surface area contributed by atoms with Gasteiger partial charge in [-0.15, -0.1) is 0 Å². The van der Waals surface area contributed by atoms with E-state index in [9.17, 15) is 0 Å². The topological polar surface area (TPSA) is 29.9 Å². The summed E-state index contributed by atoms with van der Waals surface area (Å²) in [6, 6.07) is 2.01. The molecule has 1 aromatic heterocycles. The van der Waals surface area contributed by atoms with Crippen LogP contribution in [0.1, 0.15) is 19.3 Å². The molecule has 1 unspecified atom stereocenters. The molecule has 0 fully saturated rings. The number of anilines is 1. The highest BCUT2D eigenvalue weighted by molar-refractivity contribution is 5.32. The van der Waals surface area contributed by atoms with Gasteiger partial charge < -0.3 is 5.32 Å². The van der Waals surface area contributed by atoms with E-state index in [4.69, 9.17) is 0 Å². The van der Waals surface area contributed by atoms with Gasteiger partial charge in [0.25, 0.3) is 0 Å². The number of allylic oxidation sites excluding steroid dienone is 2. The maximum atomic E-state index is 4.28. The molecule has 1 atom stereocenters. The highest BCUT2D eigenvalue weighted by Crippen LogP contribution is 2.18. The molecular formula is C11H17N3. The van der Waals surface area contributed by atoms with Gasteiger partial charge in [-0.25, -0.2) is 0 Å². The zero-order chi connectivity index (χ0) is 9.80. The Morgan fingerprint density at radius 2 is 2.50 bits per heavy atom. The van der Waals surface area contributed by atoms with Gasteiger partial charge in [0.2, 0.25) is 0 Å². The van der Waals surface area contributed by atoms with E-state index >= 15 is 0 Å². The van der Waals surface area contributed by atoms with Crippen molar-refractivity contribution in [3.63, 3.8) is 0 Å². The maximum Gasteiger partial charge on any atom is 0.147 e. The molecule has 0 radical (unpaired) electrons. The molecule has 0 aromatic carbocycles. The van der Waals surface area contributed by atoms with E-state index in [2.05, 4.69) is 22.6 Å². The van der Waals surface area contributed by atoms with E-state index in [1.165, 1.54) is 19.3 Å². The van der Waals surface area contributed by atoms with Gasteiger partial charge in [-0.05, 0) is 25.2 Å². The minimum atomic E-state index is 0.780. The van der Waals surface area contributed by atoms with Crippen LogP contribution >= 0.6 is 0 Å². The van der Waals surface area contributed by atoms with Gasteiger partial charge in [-0.3, -0.25) is 4.68 Å². The molecule has 0 spiro atoms. The standard InChI is InChI=1S/C11H17N3/c1-14-8-7-11(13-14)12-9-10-5-3-2-4-6-10/h2-3,7-8,10H,4-6,9H2,1H3,(H,12,13). The third-order valence-electron chi connectivity index (χ3n) is 2.66. The molecule has 1 aliphatic rings. The van der Waals surface area contributed by atoms with Gasteiger partial charge in [-0.1, -0.05) is 12.2 Å². The zero-order valence-electron chi connectivity index (χ0n) is 8.61. The van der Waals surface area contributed by atoms with Crippen LogP contribution in [0.25, 0.3) is 0 Å². The second kappa shape index (κ2) is 4.31. The SMILES string of the molecule is Cn1ccc(NCC2CC=CCC2)n1.